The van der Waals surface area contributed by atoms with Crippen molar-refractivity contribution in [1.29, 1.82) is 0 Å². The second-order valence-corrected chi connectivity index (χ2v) is 5.86. The monoisotopic (exact) mass is 227 g/mol. The van der Waals surface area contributed by atoms with Gasteiger partial charge in [-0.2, -0.15) is 0 Å². The Morgan fingerprint density at radius 1 is 1.44 bits per heavy atom. The lowest BCUT2D eigenvalue weighted by molar-refractivity contribution is 0.227. The Morgan fingerprint density at radius 3 is 2.50 bits per heavy atom. The van der Waals surface area contributed by atoms with Crippen LogP contribution in [-0.2, 0) is 0 Å². The van der Waals surface area contributed by atoms with E-state index in [1.54, 1.807) is 0 Å². The summed E-state index contributed by atoms with van der Waals surface area (Å²) in [6.45, 7) is 9.05. The van der Waals surface area contributed by atoms with Gasteiger partial charge < -0.3 is 15.5 Å². The van der Waals surface area contributed by atoms with Crippen molar-refractivity contribution in [2.45, 2.75) is 51.7 Å². The smallest absolute Gasteiger partial charge is 0.0234 e. The fourth-order valence-electron chi connectivity index (χ4n) is 2.35. The Morgan fingerprint density at radius 2 is 2.06 bits per heavy atom. The Bertz CT molecular complexity index is 195. The molecule has 0 aliphatic carbocycles. The summed E-state index contributed by atoms with van der Waals surface area (Å²) >= 11 is 0. The van der Waals surface area contributed by atoms with Crippen molar-refractivity contribution in [3.63, 3.8) is 0 Å². The summed E-state index contributed by atoms with van der Waals surface area (Å²) < 4.78 is 0. The first-order valence-electron chi connectivity index (χ1n) is 6.57. The highest BCUT2D eigenvalue weighted by molar-refractivity contribution is 4.86. The first-order valence-corrected chi connectivity index (χ1v) is 6.57. The summed E-state index contributed by atoms with van der Waals surface area (Å²) in [4.78, 5) is 4.94. The summed E-state index contributed by atoms with van der Waals surface area (Å²) in [6.07, 6.45) is 2.41. The molecule has 1 rings (SSSR count). The first-order chi connectivity index (χ1) is 7.41. The van der Waals surface area contributed by atoms with Crippen LogP contribution in [0.25, 0.3) is 0 Å². The molecule has 3 heteroatoms. The van der Waals surface area contributed by atoms with Crippen LogP contribution in [0.15, 0.2) is 0 Å². The van der Waals surface area contributed by atoms with Crippen molar-refractivity contribution in [2.75, 3.05) is 27.2 Å². The maximum absolute atomic E-state index is 6.08. The SMILES string of the molecule is CC(C)C(N)CCN(C)C1CC(C)N(C)C1. The minimum absolute atomic E-state index is 0.346. The predicted octanol–water partition coefficient (Wildman–Crippen LogP) is 1.38. The molecule has 0 radical (unpaired) electrons. The largest absolute Gasteiger partial charge is 0.327 e. The number of nitrogens with zero attached hydrogens (tertiary/aromatic N) is 2. The summed E-state index contributed by atoms with van der Waals surface area (Å²) in [5, 5.41) is 0. The molecule has 16 heavy (non-hydrogen) atoms. The average Bonchev–Trinajstić information content (AvgIpc) is 2.55. The van der Waals surface area contributed by atoms with E-state index < -0.39 is 0 Å². The summed E-state index contributed by atoms with van der Waals surface area (Å²) in [6, 6.07) is 1.80. The molecule has 2 N–H and O–H groups in total. The maximum Gasteiger partial charge on any atom is 0.0234 e. The van der Waals surface area contributed by atoms with E-state index in [0.29, 0.717) is 12.0 Å². The van der Waals surface area contributed by atoms with Crippen LogP contribution in [0.4, 0.5) is 0 Å². The minimum atomic E-state index is 0.346. The van der Waals surface area contributed by atoms with E-state index in [4.69, 9.17) is 5.73 Å². The predicted molar refractivity (Wildman–Crippen MR) is 70.6 cm³/mol. The topological polar surface area (TPSA) is 32.5 Å². The van der Waals surface area contributed by atoms with Gasteiger partial charge in [-0.25, -0.2) is 0 Å². The zero-order chi connectivity index (χ0) is 12.3. The number of hydrogen-bond acceptors (Lipinski definition) is 3. The molecular formula is C13H29N3. The molecule has 0 aromatic rings. The standard InChI is InChI=1S/C13H29N3/c1-10(2)13(14)6-7-15(4)12-8-11(3)16(5)9-12/h10-13H,6-9,14H2,1-5H3. The van der Waals surface area contributed by atoms with E-state index in [-0.39, 0.29) is 0 Å². The molecule has 0 aromatic carbocycles. The van der Waals surface area contributed by atoms with Crippen LogP contribution in [0, 0.1) is 5.92 Å². The van der Waals surface area contributed by atoms with Crippen LogP contribution < -0.4 is 5.73 Å². The van der Waals surface area contributed by atoms with Crippen LogP contribution in [0.3, 0.4) is 0 Å². The highest BCUT2D eigenvalue weighted by Gasteiger charge is 2.28. The number of likely N-dealkylation sites (tertiary alicyclic amines) is 1. The van der Waals surface area contributed by atoms with Gasteiger partial charge in [-0.1, -0.05) is 13.8 Å². The molecular weight excluding hydrogens is 198 g/mol. The number of rotatable bonds is 5. The second kappa shape index (κ2) is 5.99. The van der Waals surface area contributed by atoms with Gasteiger partial charge in [0.15, 0.2) is 0 Å². The molecule has 3 atom stereocenters. The normalized spacial score (nSPS) is 29.2. The molecule has 0 aromatic heterocycles. The van der Waals surface area contributed by atoms with Crippen molar-refractivity contribution in [3.05, 3.63) is 0 Å². The highest BCUT2D eigenvalue weighted by Crippen LogP contribution is 2.19. The molecule has 0 saturated carbocycles. The van der Waals surface area contributed by atoms with Gasteiger partial charge in [0, 0.05) is 24.7 Å². The maximum atomic E-state index is 6.08. The minimum Gasteiger partial charge on any atom is -0.327 e. The summed E-state index contributed by atoms with van der Waals surface area (Å²) in [5.41, 5.74) is 6.08. The van der Waals surface area contributed by atoms with Crippen LogP contribution in [0.1, 0.15) is 33.6 Å². The van der Waals surface area contributed by atoms with E-state index >= 15 is 0 Å². The third-order valence-electron chi connectivity index (χ3n) is 4.16. The Kier molecular flexibility index (Phi) is 5.22. The molecule has 0 bridgehead atoms. The molecule has 1 heterocycles. The van der Waals surface area contributed by atoms with E-state index in [1.165, 1.54) is 13.0 Å². The number of nitrogens with two attached hydrogens (primary N) is 1. The van der Waals surface area contributed by atoms with E-state index in [1.807, 2.05) is 0 Å². The van der Waals surface area contributed by atoms with Crippen molar-refractivity contribution in [2.24, 2.45) is 11.7 Å². The molecule has 0 spiro atoms. The van der Waals surface area contributed by atoms with Crippen LogP contribution in [0.5, 0.6) is 0 Å². The van der Waals surface area contributed by atoms with E-state index in [2.05, 4.69) is 44.7 Å². The Labute approximate surface area is 101 Å². The molecule has 3 nitrogen and oxygen atoms in total. The van der Waals surface area contributed by atoms with Crippen molar-refractivity contribution in [1.82, 2.24) is 9.80 Å². The van der Waals surface area contributed by atoms with E-state index in [0.717, 1.165) is 25.0 Å². The van der Waals surface area contributed by atoms with Gasteiger partial charge in [0.2, 0.25) is 0 Å². The fourth-order valence-corrected chi connectivity index (χ4v) is 2.35. The van der Waals surface area contributed by atoms with Crippen LogP contribution in [-0.4, -0.2) is 55.1 Å². The van der Waals surface area contributed by atoms with Crippen molar-refractivity contribution >= 4 is 0 Å². The number of hydrogen-bond donors (Lipinski definition) is 1. The van der Waals surface area contributed by atoms with Crippen molar-refractivity contribution < 1.29 is 0 Å². The van der Waals surface area contributed by atoms with Gasteiger partial charge in [-0.15, -0.1) is 0 Å². The third-order valence-corrected chi connectivity index (χ3v) is 4.16. The van der Waals surface area contributed by atoms with Gasteiger partial charge in [-0.05, 0) is 46.3 Å². The molecule has 1 aliphatic rings. The summed E-state index contributed by atoms with van der Waals surface area (Å²) in [5.74, 6) is 0.596. The lowest BCUT2D eigenvalue weighted by atomic mass is 10.0. The van der Waals surface area contributed by atoms with Gasteiger partial charge >= 0.3 is 0 Å². The molecule has 96 valence electrons. The van der Waals surface area contributed by atoms with Crippen LogP contribution in [0.2, 0.25) is 0 Å². The highest BCUT2D eigenvalue weighted by atomic mass is 15.2. The Hall–Kier alpha value is -0.120. The molecule has 1 saturated heterocycles. The third kappa shape index (κ3) is 3.72. The number of likely N-dealkylation sites (N-methyl/N-ethyl adjacent to an activating group) is 2. The molecule has 0 amide bonds. The quantitative estimate of drug-likeness (QED) is 0.770. The zero-order valence-electron chi connectivity index (χ0n) is 11.6. The van der Waals surface area contributed by atoms with Gasteiger partial charge in [0.05, 0.1) is 0 Å². The Balaban J connectivity index is 2.28. The van der Waals surface area contributed by atoms with Gasteiger partial charge in [0.25, 0.3) is 0 Å². The molecule has 1 aliphatic heterocycles. The van der Waals surface area contributed by atoms with Gasteiger partial charge in [0.1, 0.15) is 0 Å². The van der Waals surface area contributed by atoms with Gasteiger partial charge in [-0.3, -0.25) is 0 Å². The lowest BCUT2D eigenvalue weighted by Gasteiger charge is -2.26. The van der Waals surface area contributed by atoms with Crippen molar-refractivity contribution in [3.8, 4) is 0 Å². The summed E-state index contributed by atoms with van der Waals surface area (Å²) in [7, 11) is 4.46. The molecule has 3 unspecified atom stereocenters. The average molecular weight is 227 g/mol. The zero-order valence-corrected chi connectivity index (χ0v) is 11.6. The molecule has 1 fully saturated rings. The van der Waals surface area contributed by atoms with E-state index in [9.17, 15) is 0 Å². The fraction of sp³-hybridized carbons (Fsp3) is 1.00. The first kappa shape index (κ1) is 13.9. The second-order valence-electron chi connectivity index (χ2n) is 5.86. The lowest BCUT2D eigenvalue weighted by Crippen LogP contribution is -2.38. The van der Waals surface area contributed by atoms with Crippen LogP contribution >= 0.6 is 0 Å².